The van der Waals surface area contributed by atoms with Crippen LogP contribution in [-0.4, -0.2) is 23.7 Å². The molecule has 0 aromatic heterocycles. The summed E-state index contributed by atoms with van der Waals surface area (Å²) >= 11 is 0. The summed E-state index contributed by atoms with van der Waals surface area (Å²) in [6, 6.07) is 6.45. The fourth-order valence-electron chi connectivity index (χ4n) is 1.58. The normalized spacial score (nSPS) is 11.6. The van der Waals surface area contributed by atoms with E-state index in [4.69, 9.17) is 22.0 Å². The number of terminal acetylenes is 1. The summed E-state index contributed by atoms with van der Waals surface area (Å²) in [6.07, 6.45) is 8.13. The fraction of sp³-hybridized carbons (Fsp3) is 0.400. The molecule has 1 aromatic rings. The van der Waals surface area contributed by atoms with Crippen molar-refractivity contribution >= 4 is 5.97 Å². The van der Waals surface area contributed by atoms with Crippen LogP contribution in [0, 0.1) is 12.3 Å². The van der Waals surface area contributed by atoms with Gasteiger partial charge in [-0.05, 0) is 37.0 Å². The van der Waals surface area contributed by atoms with Crippen LogP contribution in [0.15, 0.2) is 24.3 Å². The molecular formula is C15H19NO3. The molecule has 0 saturated heterocycles. The van der Waals surface area contributed by atoms with Crippen molar-refractivity contribution in [2.24, 2.45) is 5.73 Å². The summed E-state index contributed by atoms with van der Waals surface area (Å²) < 4.78 is 5.54. The van der Waals surface area contributed by atoms with Gasteiger partial charge in [0.05, 0.1) is 6.61 Å². The largest absolute Gasteiger partial charge is 0.494 e. The van der Waals surface area contributed by atoms with Crippen molar-refractivity contribution in [1.29, 1.82) is 0 Å². The first-order valence-corrected chi connectivity index (χ1v) is 6.27. The highest BCUT2D eigenvalue weighted by Crippen LogP contribution is 2.14. The molecule has 0 aliphatic heterocycles. The van der Waals surface area contributed by atoms with Crippen LogP contribution in [0.2, 0.25) is 0 Å². The van der Waals surface area contributed by atoms with Crippen molar-refractivity contribution in [3.8, 4) is 18.1 Å². The monoisotopic (exact) mass is 261 g/mol. The molecule has 0 spiro atoms. The molecule has 0 fully saturated rings. The first-order chi connectivity index (χ1) is 9.13. The minimum atomic E-state index is -0.992. The van der Waals surface area contributed by atoms with E-state index in [9.17, 15) is 4.79 Å². The first kappa shape index (κ1) is 15.1. The zero-order chi connectivity index (χ0) is 14.1. The number of benzene rings is 1. The van der Waals surface area contributed by atoms with Crippen LogP contribution in [0.3, 0.4) is 0 Å². The van der Waals surface area contributed by atoms with Gasteiger partial charge in [0.15, 0.2) is 0 Å². The van der Waals surface area contributed by atoms with Crippen molar-refractivity contribution in [3.63, 3.8) is 0 Å². The van der Waals surface area contributed by atoms with Crippen LogP contribution in [0.1, 0.15) is 24.8 Å². The highest BCUT2D eigenvalue weighted by molar-refractivity contribution is 5.73. The van der Waals surface area contributed by atoms with E-state index in [1.165, 1.54) is 0 Å². The summed E-state index contributed by atoms with van der Waals surface area (Å²) in [4.78, 5) is 10.6. The Labute approximate surface area is 113 Å². The van der Waals surface area contributed by atoms with E-state index < -0.39 is 12.0 Å². The molecular weight excluding hydrogens is 242 g/mol. The Morgan fingerprint density at radius 3 is 2.63 bits per heavy atom. The molecule has 0 aliphatic rings. The Bertz CT molecular complexity index is 434. The van der Waals surface area contributed by atoms with E-state index in [1.807, 2.05) is 24.3 Å². The van der Waals surface area contributed by atoms with Crippen LogP contribution >= 0.6 is 0 Å². The summed E-state index contributed by atoms with van der Waals surface area (Å²) in [5.41, 5.74) is 6.35. The fourth-order valence-corrected chi connectivity index (χ4v) is 1.58. The van der Waals surface area contributed by atoms with E-state index in [1.54, 1.807) is 0 Å². The van der Waals surface area contributed by atoms with Crippen LogP contribution < -0.4 is 10.5 Å². The zero-order valence-corrected chi connectivity index (χ0v) is 10.8. The van der Waals surface area contributed by atoms with Gasteiger partial charge in [-0.2, -0.15) is 0 Å². The van der Waals surface area contributed by atoms with Gasteiger partial charge in [0, 0.05) is 6.42 Å². The number of carboxylic acids is 1. The molecule has 102 valence electrons. The van der Waals surface area contributed by atoms with Gasteiger partial charge in [-0.25, -0.2) is 0 Å². The summed E-state index contributed by atoms with van der Waals surface area (Å²) in [5.74, 6) is 2.37. The Hall–Kier alpha value is -1.99. The van der Waals surface area contributed by atoms with E-state index in [-0.39, 0.29) is 0 Å². The van der Waals surface area contributed by atoms with Crippen LogP contribution in [0.5, 0.6) is 5.75 Å². The second kappa shape index (κ2) is 8.17. The molecule has 0 heterocycles. The van der Waals surface area contributed by atoms with Crippen molar-refractivity contribution in [1.82, 2.24) is 0 Å². The summed E-state index contributed by atoms with van der Waals surface area (Å²) in [6.45, 7) is 0.635. The van der Waals surface area contributed by atoms with Crippen LogP contribution in [0.25, 0.3) is 0 Å². The predicted molar refractivity (Wildman–Crippen MR) is 73.9 cm³/mol. The molecule has 19 heavy (non-hydrogen) atoms. The molecule has 0 saturated carbocycles. The molecule has 0 aliphatic carbocycles. The second-order valence-corrected chi connectivity index (χ2v) is 4.30. The second-order valence-electron chi connectivity index (χ2n) is 4.30. The number of hydrogen-bond acceptors (Lipinski definition) is 3. The number of hydrogen-bond donors (Lipinski definition) is 2. The van der Waals surface area contributed by atoms with E-state index in [0.717, 1.165) is 30.6 Å². The lowest BCUT2D eigenvalue weighted by Crippen LogP contribution is -2.32. The third kappa shape index (κ3) is 5.94. The average Bonchev–Trinajstić information content (AvgIpc) is 2.40. The molecule has 0 radical (unpaired) electrons. The van der Waals surface area contributed by atoms with E-state index in [0.29, 0.717) is 13.0 Å². The van der Waals surface area contributed by atoms with Crippen LogP contribution in [0.4, 0.5) is 0 Å². The third-order valence-electron chi connectivity index (χ3n) is 2.68. The minimum Gasteiger partial charge on any atom is -0.494 e. The Morgan fingerprint density at radius 2 is 2.05 bits per heavy atom. The highest BCUT2D eigenvalue weighted by atomic mass is 16.5. The Balaban J connectivity index is 2.35. The number of carboxylic acid groups (broad SMARTS) is 1. The van der Waals surface area contributed by atoms with Crippen molar-refractivity contribution in [2.75, 3.05) is 6.61 Å². The molecule has 0 bridgehead atoms. The third-order valence-corrected chi connectivity index (χ3v) is 2.68. The number of carbonyl (C=O) groups is 1. The average molecular weight is 261 g/mol. The van der Waals surface area contributed by atoms with Gasteiger partial charge in [0.1, 0.15) is 11.8 Å². The quantitative estimate of drug-likeness (QED) is 0.553. The minimum absolute atomic E-state index is 0.317. The number of unbranched alkanes of at least 4 members (excludes halogenated alkanes) is 2. The Morgan fingerprint density at radius 1 is 1.37 bits per heavy atom. The van der Waals surface area contributed by atoms with Gasteiger partial charge < -0.3 is 15.6 Å². The highest BCUT2D eigenvalue weighted by Gasteiger charge is 2.11. The molecule has 0 amide bonds. The molecule has 0 unspecified atom stereocenters. The maximum atomic E-state index is 10.6. The molecule has 4 nitrogen and oxygen atoms in total. The van der Waals surface area contributed by atoms with E-state index in [2.05, 4.69) is 5.92 Å². The number of nitrogens with two attached hydrogens (primary N) is 1. The van der Waals surface area contributed by atoms with Crippen LogP contribution in [-0.2, 0) is 11.2 Å². The molecule has 4 heteroatoms. The Kier molecular flexibility index (Phi) is 6.48. The van der Waals surface area contributed by atoms with Gasteiger partial charge in [0.2, 0.25) is 0 Å². The summed E-state index contributed by atoms with van der Waals surface area (Å²) in [7, 11) is 0. The molecule has 1 aromatic carbocycles. The van der Waals surface area contributed by atoms with Crippen molar-refractivity contribution < 1.29 is 14.6 Å². The molecule has 1 rings (SSSR count). The van der Waals surface area contributed by atoms with Gasteiger partial charge in [0.25, 0.3) is 0 Å². The number of aliphatic carboxylic acids is 1. The van der Waals surface area contributed by atoms with Gasteiger partial charge >= 0.3 is 5.97 Å². The first-order valence-electron chi connectivity index (χ1n) is 6.27. The lowest BCUT2D eigenvalue weighted by atomic mass is 10.1. The van der Waals surface area contributed by atoms with Crippen molar-refractivity contribution in [3.05, 3.63) is 29.8 Å². The predicted octanol–water partition coefficient (Wildman–Crippen LogP) is 1.82. The van der Waals surface area contributed by atoms with Gasteiger partial charge in [-0.3, -0.25) is 4.79 Å². The van der Waals surface area contributed by atoms with Crippen molar-refractivity contribution in [2.45, 2.75) is 31.7 Å². The standard InChI is InChI=1S/C15H19NO3/c1-2-3-4-5-10-19-13-8-6-12(7-9-13)11-14(16)15(17)18/h1,6-9,14H,3-5,10-11,16H2,(H,17,18)/t14-/m0/s1. The maximum absolute atomic E-state index is 10.6. The zero-order valence-electron chi connectivity index (χ0n) is 10.8. The van der Waals surface area contributed by atoms with E-state index >= 15 is 0 Å². The summed E-state index contributed by atoms with van der Waals surface area (Å²) in [5, 5.41) is 8.72. The molecule has 1 atom stereocenters. The number of rotatable bonds is 8. The number of ether oxygens (including phenoxy) is 1. The smallest absolute Gasteiger partial charge is 0.320 e. The van der Waals surface area contributed by atoms with Gasteiger partial charge in [-0.15, -0.1) is 12.3 Å². The topological polar surface area (TPSA) is 72.5 Å². The SMILES string of the molecule is C#CCCCCOc1ccc(C[C@H](N)C(=O)O)cc1. The maximum Gasteiger partial charge on any atom is 0.320 e. The lowest BCUT2D eigenvalue weighted by Gasteiger charge is -2.08. The van der Waals surface area contributed by atoms with Gasteiger partial charge in [-0.1, -0.05) is 12.1 Å². The molecule has 3 N–H and O–H groups in total. The lowest BCUT2D eigenvalue weighted by molar-refractivity contribution is -0.138.